The maximum atomic E-state index is 11.6. The lowest BCUT2D eigenvalue weighted by Crippen LogP contribution is -2.38. The van der Waals surface area contributed by atoms with Crippen LogP contribution in [0.2, 0.25) is 0 Å². The normalized spacial score (nSPS) is 15.7. The smallest absolute Gasteiger partial charge is 0.360 e. The number of hydrogen-bond acceptors (Lipinski definition) is 4. The van der Waals surface area contributed by atoms with Crippen molar-refractivity contribution in [1.82, 2.24) is 0 Å². The molecule has 0 radical (unpaired) electrons. The van der Waals surface area contributed by atoms with Crippen molar-refractivity contribution in [3.63, 3.8) is 0 Å². The van der Waals surface area contributed by atoms with Gasteiger partial charge in [0, 0.05) is 12.8 Å². The second-order valence-corrected chi connectivity index (χ2v) is 7.98. The molecule has 0 aliphatic rings. The molecule has 0 saturated heterocycles. The Hall–Kier alpha value is -2.04. The largest absolute Gasteiger partial charge is 0.481 e. The predicted octanol–water partition coefficient (Wildman–Crippen LogP) is 3.28. The molecule has 4 N–H and O–H groups in total. The minimum absolute atomic E-state index is 0.0728. The molecule has 0 aliphatic carbocycles. The first-order valence-corrected chi connectivity index (χ1v) is 9.39. The van der Waals surface area contributed by atoms with Gasteiger partial charge in [0.05, 0.1) is 0 Å². The summed E-state index contributed by atoms with van der Waals surface area (Å²) in [7, 11) is -1.24. The van der Waals surface area contributed by atoms with Gasteiger partial charge in [0.15, 0.2) is 0 Å². The van der Waals surface area contributed by atoms with E-state index < -0.39 is 31.6 Å². The highest BCUT2D eigenvalue weighted by Crippen LogP contribution is 2.38. The van der Waals surface area contributed by atoms with E-state index in [2.05, 4.69) is 13.8 Å². The first-order chi connectivity index (χ1) is 12.1. The van der Waals surface area contributed by atoms with E-state index in [4.69, 9.17) is 5.73 Å². The second-order valence-electron chi connectivity index (χ2n) is 6.91. The molecule has 26 heavy (non-hydrogen) atoms. The minimum atomic E-state index is -1.94. The van der Waals surface area contributed by atoms with Crippen molar-refractivity contribution in [1.29, 1.82) is 0 Å². The van der Waals surface area contributed by atoms with Crippen LogP contribution < -0.4 is 5.73 Å². The number of nitrogens with two attached hydrogens (primary N) is 1. The lowest BCUT2D eigenvalue weighted by molar-refractivity contribution is -0.147. The zero-order chi connectivity index (χ0) is 19.9. The van der Waals surface area contributed by atoms with Crippen molar-refractivity contribution in [3.8, 4) is 0 Å². The maximum absolute atomic E-state index is 11.6. The van der Waals surface area contributed by atoms with Crippen LogP contribution in [0.5, 0.6) is 0 Å². The number of primary amides is 1. The highest BCUT2D eigenvalue weighted by atomic mass is 31.1. The Bertz CT molecular complexity index is 684. The fourth-order valence-corrected chi connectivity index (χ4v) is 3.58. The van der Waals surface area contributed by atoms with E-state index in [9.17, 15) is 24.4 Å². The fraction of sp³-hybridized carbons (Fsp3) is 0.474. The molecule has 142 valence electrons. The van der Waals surface area contributed by atoms with Crippen LogP contribution in [0.25, 0.3) is 6.08 Å². The van der Waals surface area contributed by atoms with Gasteiger partial charge in [-0.15, -0.1) is 0 Å². The van der Waals surface area contributed by atoms with Gasteiger partial charge < -0.3 is 15.9 Å². The molecule has 6 nitrogen and oxygen atoms in total. The molecule has 0 aromatic heterocycles. The summed E-state index contributed by atoms with van der Waals surface area (Å²) in [5.74, 6) is -2.88. The molecule has 1 rings (SSSR count). The second kappa shape index (κ2) is 9.60. The Balaban J connectivity index is 2.99. The molecule has 0 heterocycles. The van der Waals surface area contributed by atoms with Crippen LogP contribution in [0.4, 0.5) is 0 Å². The number of aliphatic carboxylic acids is 1. The molecule has 3 atom stereocenters. The topological polar surface area (TPSA) is 118 Å². The molecule has 1 aromatic carbocycles. The summed E-state index contributed by atoms with van der Waals surface area (Å²) < 4.78 is 11.6. The van der Waals surface area contributed by atoms with Crippen LogP contribution in [0.1, 0.15) is 57.1 Å². The van der Waals surface area contributed by atoms with Crippen LogP contribution in [-0.4, -0.2) is 27.4 Å². The molecule has 0 fully saturated rings. The average Bonchev–Trinajstić information content (AvgIpc) is 2.54. The van der Waals surface area contributed by atoms with Crippen molar-refractivity contribution in [2.24, 2.45) is 11.7 Å². The van der Waals surface area contributed by atoms with Crippen molar-refractivity contribution in [2.45, 2.75) is 51.3 Å². The molecule has 1 amide bonds. The number of carbonyl (C=O) groups excluding carboxylic acids is 1. The van der Waals surface area contributed by atoms with Crippen LogP contribution in [0.15, 0.2) is 29.8 Å². The molecule has 7 heteroatoms. The molecule has 0 spiro atoms. The minimum Gasteiger partial charge on any atom is -0.481 e. The first kappa shape index (κ1) is 22.0. The molecular weight excluding hydrogens is 353 g/mol. The lowest BCUT2D eigenvalue weighted by atomic mass is 9.90. The van der Waals surface area contributed by atoms with E-state index in [1.807, 2.05) is 30.3 Å². The quantitative estimate of drug-likeness (QED) is 0.538. The Morgan fingerprint density at radius 1 is 1.27 bits per heavy atom. The number of benzene rings is 1. The first-order valence-electron chi connectivity index (χ1n) is 8.49. The number of carboxylic acids is 1. The zero-order valence-electron chi connectivity index (χ0n) is 15.4. The van der Waals surface area contributed by atoms with E-state index >= 15 is 0 Å². The van der Waals surface area contributed by atoms with E-state index in [-0.39, 0.29) is 19.3 Å². The van der Waals surface area contributed by atoms with Crippen molar-refractivity contribution >= 4 is 26.4 Å². The van der Waals surface area contributed by atoms with Gasteiger partial charge in [-0.2, -0.15) is 0 Å². The maximum Gasteiger partial charge on any atom is 0.360 e. The number of aliphatic hydroxyl groups is 1. The Morgan fingerprint density at radius 2 is 1.85 bits per heavy atom. The summed E-state index contributed by atoms with van der Waals surface area (Å²) in [6, 6.07) is 7.91. The molecule has 0 bridgehead atoms. The van der Waals surface area contributed by atoms with Crippen molar-refractivity contribution < 1.29 is 24.4 Å². The van der Waals surface area contributed by atoms with Gasteiger partial charge in [0.2, 0.25) is 5.91 Å². The molecule has 3 unspecified atom stereocenters. The van der Waals surface area contributed by atoms with Gasteiger partial charge in [-0.1, -0.05) is 54.3 Å². The Kier molecular flexibility index (Phi) is 8.12. The van der Waals surface area contributed by atoms with Gasteiger partial charge in [-0.3, -0.25) is 9.59 Å². The fourth-order valence-electron chi connectivity index (χ4n) is 2.82. The molecular formula is C19H27NO5P+. The number of amides is 1. The molecule has 0 saturated carbocycles. The highest BCUT2D eigenvalue weighted by Gasteiger charge is 2.49. The van der Waals surface area contributed by atoms with E-state index in [1.165, 1.54) is 5.56 Å². The lowest BCUT2D eigenvalue weighted by Gasteiger charge is -2.22. The van der Waals surface area contributed by atoms with Gasteiger partial charge in [0.25, 0.3) is 5.34 Å². The standard InChI is InChI=1S/C19H26NO5P/c1-12(2)15-6-4-14(5-7-15)10-13(3)11-19(24,26-25)16(18(22)23)8-9-17(20)21/h4-7,10,12,16,24H,8-9,11H2,1-3H3,(H2,20,21)(H,22,23)/p+1/b13-10+. The van der Waals surface area contributed by atoms with Crippen LogP contribution in [-0.2, 0) is 14.2 Å². The van der Waals surface area contributed by atoms with Gasteiger partial charge in [-0.05, 0) is 30.4 Å². The van der Waals surface area contributed by atoms with Gasteiger partial charge in [0.1, 0.15) is 5.92 Å². The number of hydrogen-bond donors (Lipinski definition) is 3. The number of carboxylic acid groups (broad SMARTS) is 1. The van der Waals surface area contributed by atoms with Crippen LogP contribution in [0, 0.1) is 5.92 Å². The van der Waals surface area contributed by atoms with Crippen molar-refractivity contribution in [3.05, 3.63) is 41.0 Å². The molecule has 1 aromatic rings. The summed E-state index contributed by atoms with van der Waals surface area (Å²) >= 11 is 0. The van der Waals surface area contributed by atoms with E-state index in [1.54, 1.807) is 6.92 Å². The van der Waals surface area contributed by atoms with Gasteiger partial charge in [-0.25, -0.2) is 0 Å². The van der Waals surface area contributed by atoms with E-state index in [0.717, 1.165) is 5.56 Å². The third-order valence-electron chi connectivity index (χ3n) is 4.30. The van der Waals surface area contributed by atoms with Crippen molar-refractivity contribution in [2.75, 3.05) is 0 Å². The molecule has 0 aliphatic heterocycles. The monoisotopic (exact) mass is 380 g/mol. The van der Waals surface area contributed by atoms with E-state index in [0.29, 0.717) is 11.5 Å². The van der Waals surface area contributed by atoms with Gasteiger partial charge >= 0.3 is 14.4 Å². The summed E-state index contributed by atoms with van der Waals surface area (Å²) in [5.41, 5.74) is 7.87. The Morgan fingerprint density at radius 3 is 2.27 bits per heavy atom. The Labute approximate surface area is 155 Å². The number of carbonyl (C=O) groups is 2. The SMILES string of the molecule is C/C(=C\c1ccc(C(C)C)cc1)CC(O)([PH+]=O)C(CCC(N)=O)C(=O)O. The number of rotatable bonds is 10. The van der Waals surface area contributed by atoms with Crippen LogP contribution in [0.3, 0.4) is 0 Å². The zero-order valence-corrected chi connectivity index (χ0v) is 16.4. The summed E-state index contributed by atoms with van der Waals surface area (Å²) in [4.78, 5) is 22.4. The third kappa shape index (κ3) is 6.36. The highest BCUT2D eigenvalue weighted by molar-refractivity contribution is 7.25. The summed E-state index contributed by atoms with van der Waals surface area (Å²) in [5, 5.41) is 18.1. The van der Waals surface area contributed by atoms with Crippen LogP contribution >= 0.6 is 8.46 Å². The third-order valence-corrected chi connectivity index (χ3v) is 5.17. The summed E-state index contributed by atoms with van der Waals surface area (Å²) in [6.45, 7) is 5.95. The summed E-state index contributed by atoms with van der Waals surface area (Å²) in [6.07, 6.45) is 1.40. The average molecular weight is 380 g/mol. The predicted molar refractivity (Wildman–Crippen MR) is 102 cm³/mol.